The molecule has 1 saturated carbocycles. The first-order valence-electron chi connectivity index (χ1n) is 8.43. The number of amides is 1. The number of ether oxygens (including phenoxy) is 1. The topological polar surface area (TPSA) is 45.7 Å². The lowest BCUT2D eigenvalue weighted by molar-refractivity contribution is -0.150. The van der Waals surface area contributed by atoms with E-state index in [1.165, 1.54) is 12.8 Å². The molecule has 0 radical (unpaired) electrons. The van der Waals surface area contributed by atoms with Crippen LogP contribution >= 0.6 is 11.3 Å². The Morgan fingerprint density at radius 2 is 2.14 bits per heavy atom. The maximum Gasteiger partial charge on any atom is 0.245 e. The molecule has 120 valence electrons. The average molecular weight is 321 g/mol. The monoisotopic (exact) mass is 321 g/mol. The van der Waals surface area contributed by atoms with Crippen molar-refractivity contribution in [1.29, 1.82) is 0 Å². The summed E-state index contributed by atoms with van der Waals surface area (Å²) in [7, 11) is 0. The Kier molecular flexibility index (Phi) is 4.05. The lowest BCUT2D eigenvalue weighted by atomic mass is 9.89. The van der Waals surface area contributed by atoms with Crippen LogP contribution < -0.4 is 4.90 Å². The molecule has 3 heterocycles. The lowest BCUT2D eigenvalue weighted by Crippen LogP contribution is -2.58. The summed E-state index contributed by atoms with van der Waals surface area (Å²) in [6.45, 7) is 2.39. The molecular formula is C16H23N3O2S. The molecule has 0 N–H and O–H groups in total. The maximum atomic E-state index is 13.2. The largest absolute Gasteiger partial charge is 0.374 e. The van der Waals surface area contributed by atoms with E-state index in [9.17, 15) is 4.79 Å². The number of morpholine rings is 1. The Labute approximate surface area is 135 Å². The molecule has 5 nitrogen and oxygen atoms in total. The standard InChI is InChI=1S/C16H23N3O2S/c20-15(13-5-3-8-19(13)16-17-7-11-22-16)18-9-10-21-14-6-2-1-4-12(14)18/h7,11-14H,1-6,8-10H2/t12-,13-,14-/m0/s1. The van der Waals surface area contributed by atoms with Crippen LogP contribution in [0.25, 0.3) is 0 Å². The number of hydrogen-bond donors (Lipinski definition) is 0. The zero-order chi connectivity index (χ0) is 14.9. The third kappa shape index (κ3) is 2.52. The highest BCUT2D eigenvalue weighted by molar-refractivity contribution is 7.13. The first-order valence-corrected chi connectivity index (χ1v) is 9.31. The highest BCUT2D eigenvalue weighted by atomic mass is 32.1. The van der Waals surface area contributed by atoms with Gasteiger partial charge in [-0.1, -0.05) is 12.8 Å². The predicted octanol–water partition coefficient (Wildman–Crippen LogP) is 2.28. The molecule has 3 atom stereocenters. The van der Waals surface area contributed by atoms with Gasteiger partial charge in [0.2, 0.25) is 5.91 Å². The van der Waals surface area contributed by atoms with Crippen LogP contribution in [0.5, 0.6) is 0 Å². The van der Waals surface area contributed by atoms with Crippen LogP contribution in [-0.4, -0.2) is 53.7 Å². The number of rotatable bonds is 2. The molecule has 0 bridgehead atoms. The van der Waals surface area contributed by atoms with Crippen LogP contribution in [0.1, 0.15) is 38.5 Å². The molecule has 1 aromatic heterocycles. The summed E-state index contributed by atoms with van der Waals surface area (Å²) >= 11 is 1.63. The van der Waals surface area contributed by atoms with Gasteiger partial charge in [-0.15, -0.1) is 11.3 Å². The fourth-order valence-corrected chi connectivity index (χ4v) is 4.89. The average Bonchev–Trinajstić information content (AvgIpc) is 3.24. The quantitative estimate of drug-likeness (QED) is 0.838. The van der Waals surface area contributed by atoms with Crippen LogP contribution in [0.2, 0.25) is 0 Å². The van der Waals surface area contributed by atoms with Gasteiger partial charge in [-0.3, -0.25) is 4.79 Å². The Bertz CT molecular complexity index is 519. The number of carbonyl (C=O) groups is 1. The molecule has 22 heavy (non-hydrogen) atoms. The maximum absolute atomic E-state index is 13.2. The number of fused-ring (bicyclic) bond motifs is 1. The van der Waals surface area contributed by atoms with E-state index in [4.69, 9.17) is 4.74 Å². The smallest absolute Gasteiger partial charge is 0.245 e. The zero-order valence-corrected chi connectivity index (χ0v) is 13.6. The molecule has 2 aliphatic heterocycles. The van der Waals surface area contributed by atoms with Crippen molar-refractivity contribution < 1.29 is 9.53 Å². The molecule has 0 aromatic carbocycles. The number of carbonyl (C=O) groups excluding carboxylic acids is 1. The van der Waals surface area contributed by atoms with E-state index in [0.717, 1.165) is 43.9 Å². The summed E-state index contributed by atoms with van der Waals surface area (Å²) in [6.07, 6.45) is 8.77. The minimum atomic E-state index is -0.0215. The number of nitrogens with zero attached hydrogens (tertiary/aromatic N) is 3. The molecule has 1 aromatic rings. The summed E-state index contributed by atoms with van der Waals surface area (Å²) in [4.78, 5) is 21.9. The van der Waals surface area contributed by atoms with Gasteiger partial charge in [0.1, 0.15) is 6.04 Å². The molecule has 4 rings (SSSR count). The van der Waals surface area contributed by atoms with Gasteiger partial charge in [-0.2, -0.15) is 0 Å². The zero-order valence-electron chi connectivity index (χ0n) is 12.8. The third-order valence-corrected chi connectivity index (χ3v) is 6.03. The van der Waals surface area contributed by atoms with Crippen LogP contribution in [0, 0.1) is 0 Å². The Hall–Kier alpha value is -1.14. The Morgan fingerprint density at radius 3 is 3.00 bits per heavy atom. The highest BCUT2D eigenvalue weighted by Crippen LogP contribution is 2.32. The van der Waals surface area contributed by atoms with Gasteiger partial charge in [0.25, 0.3) is 0 Å². The van der Waals surface area contributed by atoms with E-state index < -0.39 is 0 Å². The first kappa shape index (κ1) is 14.5. The van der Waals surface area contributed by atoms with Gasteiger partial charge >= 0.3 is 0 Å². The summed E-state index contributed by atoms with van der Waals surface area (Å²) < 4.78 is 5.91. The highest BCUT2D eigenvalue weighted by Gasteiger charge is 2.42. The molecule has 1 amide bonds. The SMILES string of the molecule is O=C([C@@H]1CCCN1c1nccs1)N1CCO[C@H]2CCCC[C@@H]21. The first-order chi connectivity index (χ1) is 10.8. The van der Waals surface area contributed by atoms with Crippen LogP contribution in [0.4, 0.5) is 5.13 Å². The molecule has 6 heteroatoms. The van der Waals surface area contributed by atoms with Gasteiger partial charge in [0, 0.05) is 24.7 Å². The lowest BCUT2D eigenvalue weighted by Gasteiger charge is -2.45. The van der Waals surface area contributed by atoms with E-state index >= 15 is 0 Å². The molecular weight excluding hydrogens is 298 g/mol. The number of anilines is 1. The van der Waals surface area contributed by atoms with Crippen molar-refractivity contribution in [3.05, 3.63) is 11.6 Å². The van der Waals surface area contributed by atoms with Crippen molar-refractivity contribution in [3.8, 4) is 0 Å². The molecule has 0 unspecified atom stereocenters. The fourth-order valence-electron chi connectivity index (χ4n) is 4.17. The summed E-state index contributed by atoms with van der Waals surface area (Å²) in [5.41, 5.74) is 0. The fraction of sp³-hybridized carbons (Fsp3) is 0.750. The Morgan fingerprint density at radius 1 is 1.23 bits per heavy atom. The van der Waals surface area contributed by atoms with E-state index in [1.54, 1.807) is 11.3 Å². The second-order valence-electron chi connectivity index (χ2n) is 6.46. The van der Waals surface area contributed by atoms with Crippen molar-refractivity contribution >= 4 is 22.4 Å². The summed E-state index contributed by atoms with van der Waals surface area (Å²) in [6, 6.07) is 0.278. The summed E-state index contributed by atoms with van der Waals surface area (Å²) in [5, 5.41) is 2.98. The number of hydrogen-bond acceptors (Lipinski definition) is 5. The van der Waals surface area contributed by atoms with Crippen molar-refractivity contribution in [3.63, 3.8) is 0 Å². The molecule has 2 saturated heterocycles. The van der Waals surface area contributed by atoms with E-state index in [2.05, 4.69) is 14.8 Å². The van der Waals surface area contributed by atoms with Gasteiger partial charge in [-0.25, -0.2) is 4.98 Å². The normalized spacial score (nSPS) is 32.1. The van der Waals surface area contributed by atoms with Gasteiger partial charge in [0.15, 0.2) is 5.13 Å². The van der Waals surface area contributed by atoms with E-state index in [1.807, 2.05) is 11.6 Å². The second kappa shape index (κ2) is 6.16. The van der Waals surface area contributed by atoms with Crippen LogP contribution in [0.3, 0.4) is 0 Å². The molecule has 1 aliphatic carbocycles. The van der Waals surface area contributed by atoms with E-state index in [0.29, 0.717) is 18.6 Å². The van der Waals surface area contributed by atoms with Crippen molar-refractivity contribution in [2.45, 2.75) is 56.7 Å². The van der Waals surface area contributed by atoms with E-state index in [-0.39, 0.29) is 12.1 Å². The second-order valence-corrected chi connectivity index (χ2v) is 7.33. The van der Waals surface area contributed by atoms with Crippen LogP contribution in [0.15, 0.2) is 11.6 Å². The Balaban J connectivity index is 1.52. The molecule has 3 aliphatic rings. The third-order valence-electron chi connectivity index (χ3n) is 5.22. The van der Waals surface area contributed by atoms with Crippen LogP contribution in [-0.2, 0) is 9.53 Å². The van der Waals surface area contributed by atoms with Crippen molar-refractivity contribution in [1.82, 2.24) is 9.88 Å². The van der Waals surface area contributed by atoms with Gasteiger partial charge < -0.3 is 14.5 Å². The van der Waals surface area contributed by atoms with Gasteiger partial charge in [0.05, 0.1) is 18.8 Å². The predicted molar refractivity (Wildman–Crippen MR) is 86.2 cm³/mol. The summed E-state index contributed by atoms with van der Waals surface area (Å²) in [5.74, 6) is 0.299. The number of thiazole rings is 1. The minimum absolute atomic E-state index is 0.0215. The van der Waals surface area contributed by atoms with Gasteiger partial charge in [-0.05, 0) is 25.7 Å². The molecule has 3 fully saturated rings. The minimum Gasteiger partial charge on any atom is -0.374 e. The molecule has 0 spiro atoms. The number of aromatic nitrogens is 1. The van der Waals surface area contributed by atoms with Crippen molar-refractivity contribution in [2.75, 3.05) is 24.6 Å². The van der Waals surface area contributed by atoms with Crippen molar-refractivity contribution in [2.24, 2.45) is 0 Å².